The van der Waals surface area contributed by atoms with Gasteiger partial charge in [0.05, 0.1) is 6.04 Å². The zero-order chi connectivity index (χ0) is 10.8. The van der Waals surface area contributed by atoms with Gasteiger partial charge in [-0.1, -0.05) is 0 Å². The summed E-state index contributed by atoms with van der Waals surface area (Å²) in [7, 11) is 0. The van der Waals surface area contributed by atoms with Crippen LogP contribution in [-0.4, -0.2) is 26.7 Å². The van der Waals surface area contributed by atoms with E-state index in [0.29, 0.717) is 6.04 Å². The molecule has 5 nitrogen and oxygen atoms in total. The van der Waals surface area contributed by atoms with Gasteiger partial charge in [0.15, 0.2) is 5.82 Å². The molecule has 0 bridgehead atoms. The molecule has 2 aromatic rings. The molecule has 1 saturated heterocycles. The van der Waals surface area contributed by atoms with E-state index in [1.165, 1.54) is 6.42 Å². The predicted octanol–water partition coefficient (Wildman–Crippen LogP) is 2.13. The van der Waals surface area contributed by atoms with E-state index in [9.17, 15) is 0 Å². The summed E-state index contributed by atoms with van der Waals surface area (Å²) in [5.74, 6) is 1.65. The number of nitrogens with one attached hydrogen (secondary N) is 2. The van der Waals surface area contributed by atoms with Gasteiger partial charge in [-0.3, -0.25) is 10.1 Å². The summed E-state index contributed by atoms with van der Waals surface area (Å²) in [6, 6.07) is 4.18. The first kappa shape index (κ1) is 14.9. The summed E-state index contributed by atoms with van der Waals surface area (Å²) < 4.78 is 0. The number of pyridine rings is 1. The van der Waals surface area contributed by atoms with Crippen LogP contribution in [0, 0.1) is 0 Å². The van der Waals surface area contributed by atoms with Gasteiger partial charge in [0.1, 0.15) is 5.82 Å². The van der Waals surface area contributed by atoms with Gasteiger partial charge in [0.25, 0.3) is 0 Å². The van der Waals surface area contributed by atoms with Gasteiger partial charge in [-0.15, -0.1) is 24.8 Å². The van der Waals surface area contributed by atoms with Gasteiger partial charge in [0, 0.05) is 18.0 Å². The molecule has 1 atom stereocenters. The first-order valence-electron chi connectivity index (χ1n) is 5.49. The van der Waals surface area contributed by atoms with E-state index in [0.717, 1.165) is 30.2 Å². The van der Waals surface area contributed by atoms with E-state index in [1.54, 1.807) is 12.4 Å². The number of H-pyrrole nitrogens is 1. The lowest BCUT2D eigenvalue weighted by Crippen LogP contribution is -2.14. The van der Waals surface area contributed by atoms with Gasteiger partial charge >= 0.3 is 0 Å². The summed E-state index contributed by atoms with van der Waals surface area (Å²) in [4.78, 5) is 8.55. The Bertz CT molecular complexity index is 467. The normalized spacial score (nSPS) is 17.9. The van der Waals surface area contributed by atoms with Crippen LogP contribution in [0.2, 0.25) is 0 Å². The molecule has 1 aliphatic rings. The van der Waals surface area contributed by atoms with Crippen molar-refractivity contribution in [3.8, 4) is 11.4 Å². The molecule has 3 rings (SSSR count). The van der Waals surface area contributed by atoms with Crippen molar-refractivity contribution < 1.29 is 0 Å². The molecule has 98 valence electrons. The number of hydrogen-bond donors (Lipinski definition) is 2. The first-order chi connectivity index (χ1) is 7.93. The maximum atomic E-state index is 4.49. The van der Waals surface area contributed by atoms with Crippen molar-refractivity contribution in [3.63, 3.8) is 0 Å². The van der Waals surface area contributed by atoms with Crippen molar-refractivity contribution in [2.75, 3.05) is 6.54 Å². The lowest BCUT2D eigenvalue weighted by atomic mass is 10.2. The zero-order valence-electron chi connectivity index (χ0n) is 9.67. The molecule has 2 N–H and O–H groups in total. The van der Waals surface area contributed by atoms with Crippen LogP contribution in [0.15, 0.2) is 24.5 Å². The van der Waals surface area contributed by atoms with Crippen LogP contribution in [0.25, 0.3) is 11.4 Å². The van der Waals surface area contributed by atoms with Gasteiger partial charge < -0.3 is 5.32 Å². The summed E-state index contributed by atoms with van der Waals surface area (Å²) in [5.41, 5.74) is 0.947. The lowest BCUT2D eigenvalue weighted by molar-refractivity contribution is 0.608. The molecule has 1 fully saturated rings. The minimum atomic E-state index is 0. The van der Waals surface area contributed by atoms with Gasteiger partial charge in [0.2, 0.25) is 0 Å². The van der Waals surface area contributed by atoms with Gasteiger partial charge in [-0.05, 0) is 31.5 Å². The fourth-order valence-corrected chi connectivity index (χ4v) is 1.97. The second-order valence-electron chi connectivity index (χ2n) is 3.93. The second kappa shape index (κ2) is 6.68. The van der Waals surface area contributed by atoms with Crippen LogP contribution >= 0.6 is 24.8 Å². The molecule has 0 aliphatic carbocycles. The summed E-state index contributed by atoms with van der Waals surface area (Å²) in [5, 5.41) is 10.6. The summed E-state index contributed by atoms with van der Waals surface area (Å²) in [6.07, 6.45) is 5.85. The van der Waals surface area contributed by atoms with Crippen molar-refractivity contribution in [2.24, 2.45) is 0 Å². The van der Waals surface area contributed by atoms with Crippen LogP contribution < -0.4 is 5.32 Å². The molecule has 0 amide bonds. The Hall–Kier alpha value is -1.17. The van der Waals surface area contributed by atoms with Gasteiger partial charge in [-0.2, -0.15) is 5.10 Å². The van der Waals surface area contributed by atoms with Crippen LogP contribution in [0.5, 0.6) is 0 Å². The third kappa shape index (κ3) is 2.98. The predicted molar refractivity (Wildman–Crippen MR) is 74.1 cm³/mol. The Balaban J connectivity index is 0.000000810. The van der Waals surface area contributed by atoms with E-state index >= 15 is 0 Å². The molecule has 0 saturated carbocycles. The summed E-state index contributed by atoms with van der Waals surface area (Å²) in [6.45, 7) is 1.06. The van der Waals surface area contributed by atoms with E-state index in [2.05, 4.69) is 25.5 Å². The SMILES string of the molecule is Cl.Cl.c1cncc(-c2n[nH]c([C@@H]3CCCN3)n2)c1. The molecular formula is C11H15Cl2N5. The van der Waals surface area contributed by atoms with E-state index in [4.69, 9.17) is 0 Å². The van der Waals surface area contributed by atoms with Gasteiger partial charge in [-0.25, -0.2) is 4.98 Å². The van der Waals surface area contributed by atoms with Crippen LogP contribution in [-0.2, 0) is 0 Å². The fraction of sp³-hybridized carbons (Fsp3) is 0.364. The molecule has 0 aromatic carbocycles. The molecule has 2 aromatic heterocycles. The molecule has 0 unspecified atom stereocenters. The fourth-order valence-electron chi connectivity index (χ4n) is 1.97. The lowest BCUT2D eigenvalue weighted by Gasteiger charge is -2.03. The average molecular weight is 288 g/mol. The number of nitrogens with zero attached hydrogens (tertiary/aromatic N) is 3. The Kier molecular flexibility index (Phi) is 5.53. The highest BCUT2D eigenvalue weighted by molar-refractivity contribution is 5.85. The highest BCUT2D eigenvalue weighted by Gasteiger charge is 2.19. The number of halogens is 2. The quantitative estimate of drug-likeness (QED) is 0.888. The molecule has 0 spiro atoms. The zero-order valence-corrected chi connectivity index (χ0v) is 11.3. The summed E-state index contributed by atoms with van der Waals surface area (Å²) >= 11 is 0. The third-order valence-electron chi connectivity index (χ3n) is 2.81. The topological polar surface area (TPSA) is 66.5 Å². The van der Waals surface area contributed by atoms with E-state index < -0.39 is 0 Å². The van der Waals surface area contributed by atoms with Crippen molar-refractivity contribution in [2.45, 2.75) is 18.9 Å². The van der Waals surface area contributed by atoms with Crippen molar-refractivity contribution in [1.82, 2.24) is 25.5 Å². The van der Waals surface area contributed by atoms with Crippen LogP contribution in [0.3, 0.4) is 0 Å². The van der Waals surface area contributed by atoms with Crippen LogP contribution in [0.4, 0.5) is 0 Å². The Morgan fingerprint density at radius 1 is 1.28 bits per heavy atom. The third-order valence-corrected chi connectivity index (χ3v) is 2.81. The number of rotatable bonds is 2. The highest BCUT2D eigenvalue weighted by Crippen LogP contribution is 2.21. The minimum Gasteiger partial charge on any atom is -0.307 e. The standard InChI is InChI=1S/C11H13N5.2ClH/c1-3-8(7-12-5-1)10-14-11(16-15-10)9-4-2-6-13-9;;/h1,3,5,7,9,13H,2,4,6H2,(H,14,15,16);2*1H/t9-;;/m0../s1. The Labute approximate surface area is 118 Å². The minimum absolute atomic E-state index is 0. The molecule has 1 aliphatic heterocycles. The Morgan fingerprint density at radius 3 is 2.83 bits per heavy atom. The molecule has 0 radical (unpaired) electrons. The Morgan fingerprint density at radius 2 is 2.17 bits per heavy atom. The second-order valence-corrected chi connectivity index (χ2v) is 3.93. The highest BCUT2D eigenvalue weighted by atomic mass is 35.5. The van der Waals surface area contributed by atoms with E-state index in [1.807, 2.05) is 12.1 Å². The van der Waals surface area contributed by atoms with E-state index in [-0.39, 0.29) is 24.8 Å². The largest absolute Gasteiger partial charge is 0.307 e. The molecular weight excluding hydrogens is 273 g/mol. The molecule has 18 heavy (non-hydrogen) atoms. The smallest absolute Gasteiger partial charge is 0.182 e. The maximum absolute atomic E-state index is 4.49. The monoisotopic (exact) mass is 287 g/mol. The molecule has 3 heterocycles. The van der Waals surface area contributed by atoms with Crippen molar-refractivity contribution in [1.29, 1.82) is 0 Å². The number of aromatic nitrogens is 4. The van der Waals surface area contributed by atoms with Crippen molar-refractivity contribution in [3.05, 3.63) is 30.4 Å². The average Bonchev–Trinajstić information content (AvgIpc) is 3.01. The number of aromatic amines is 1. The van der Waals surface area contributed by atoms with Crippen LogP contribution in [0.1, 0.15) is 24.7 Å². The maximum Gasteiger partial charge on any atom is 0.182 e. The first-order valence-corrected chi connectivity index (χ1v) is 5.49. The number of hydrogen-bond acceptors (Lipinski definition) is 4. The van der Waals surface area contributed by atoms with Crippen molar-refractivity contribution >= 4 is 24.8 Å². The molecule has 7 heteroatoms.